The SMILES string of the molecule is NC(Cc1cccc2c1OCCC2)c1ccccc1. The quantitative estimate of drug-likeness (QED) is 0.911. The number of fused-ring (bicyclic) bond motifs is 1. The first kappa shape index (κ1) is 12.2. The van der Waals surface area contributed by atoms with Gasteiger partial charge in [-0.25, -0.2) is 0 Å². The van der Waals surface area contributed by atoms with Gasteiger partial charge in [0.1, 0.15) is 5.75 Å². The number of rotatable bonds is 3. The van der Waals surface area contributed by atoms with Crippen molar-refractivity contribution in [3.63, 3.8) is 0 Å². The minimum atomic E-state index is 0.0261. The molecule has 19 heavy (non-hydrogen) atoms. The molecule has 0 aliphatic carbocycles. The van der Waals surface area contributed by atoms with E-state index in [1.54, 1.807) is 0 Å². The summed E-state index contributed by atoms with van der Waals surface area (Å²) in [6.45, 7) is 0.824. The Labute approximate surface area is 114 Å². The summed E-state index contributed by atoms with van der Waals surface area (Å²) in [5.74, 6) is 1.07. The van der Waals surface area contributed by atoms with E-state index in [1.165, 1.54) is 16.7 Å². The third kappa shape index (κ3) is 2.64. The second kappa shape index (κ2) is 5.45. The van der Waals surface area contributed by atoms with E-state index in [1.807, 2.05) is 18.2 Å². The van der Waals surface area contributed by atoms with Gasteiger partial charge in [0, 0.05) is 6.04 Å². The summed E-state index contributed by atoms with van der Waals surface area (Å²) < 4.78 is 5.84. The molecule has 2 nitrogen and oxygen atoms in total. The predicted molar refractivity (Wildman–Crippen MR) is 77.3 cm³/mol. The Morgan fingerprint density at radius 3 is 2.74 bits per heavy atom. The highest BCUT2D eigenvalue weighted by atomic mass is 16.5. The van der Waals surface area contributed by atoms with E-state index >= 15 is 0 Å². The molecule has 2 aromatic carbocycles. The molecule has 1 atom stereocenters. The molecule has 0 fully saturated rings. The Morgan fingerprint density at radius 2 is 1.89 bits per heavy atom. The van der Waals surface area contributed by atoms with E-state index < -0.39 is 0 Å². The van der Waals surface area contributed by atoms with Gasteiger partial charge in [0.15, 0.2) is 0 Å². The maximum Gasteiger partial charge on any atom is 0.125 e. The van der Waals surface area contributed by atoms with Crippen LogP contribution in [0.5, 0.6) is 5.75 Å². The van der Waals surface area contributed by atoms with Gasteiger partial charge in [0.05, 0.1) is 6.61 Å². The molecule has 3 rings (SSSR count). The largest absolute Gasteiger partial charge is 0.493 e. The second-order valence-corrected chi connectivity index (χ2v) is 5.08. The minimum Gasteiger partial charge on any atom is -0.493 e. The van der Waals surface area contributed by atoms with E-state index in [4.69, 9.17) is 10.5 Å². The van der Waals surface area contributed by atoms with Crippen LogP contribution in [0.25, 0.3) is 0 Å². The van der Waals surface area contributed by atoms with Crippen LogP contribution in [-0.4, -0.2) is 6.61 Å². The zero-order valence-electron chi connectivity index (χ0n) is 11.0. The van der Waals surface area contributed by atoms with Gasteiger partial charge in [0.2, 0.25) is 0 Å². The van der Waals surface area contributed by atoms with Crippen molar-refractivity contribution in [2.45, 2.75) is 25.3 Å². The number of benzene rings is 2. The van der Waals surface area contributed by atoms with Crippen molar-refractivity contribution >= 4 is 0 Å². The smallest absolute Gasteiger partial charge is 0.125 e. The third-order valence-corrected chi connectivity index (χ3v) is 3.68. The monoisotopic (exact) mass is 253 g/mol. The average molecular weight is 253 g/mol. The molecule has 1 aliphatic heterocycles. The Kier molecular flexibility index (Phi) is 3.51. The lowest BCUT2D eigenvalue weighted by atomic mass is 9.95. The van der Waals surface area contributed by atoms with Crippen LogP contribution in [0, 0.1) is 0 Å². The van der Waals surface area contributed by atoms with Gasteiger partial charge in [-0.3, -0.25) is 0 Å². The maximum atomic E-state index is 6.30. The van der Waals surface area contributed by atoms with Crippen LogP contribution in [0.3, 0.4) is 0 Å². The highest BCUT2D eigenvalue weighted by Crippen LogP contribution is 2.31. The van der Waals surface area contributed by atoms with Crippen molar-refractivity contribution in [3.05, 3.63) is 65.2 Å². The molecule has 1 heterocycles. The van der Waals surface area contributed by atoms with Crippen molar-refractivity contribution in [2.75, 3.05) is 6.61 Å². The standard InChI is InChI=1S/C17H19NO/c18-16(13-6-2-1-3-7-13)12-15-9-4-8-14-10-5-11-19-17(14)15/h1-4,6-9,16H,5,10-12,18H2. The Hall–Kier alpha value is -1.80. The second-order valence-electron chi connectivity index (χ2n) is 5.08. The van der Waals surface area contributed by atoms with E-state index in [0.717, 1.165) is 31.6 Å². The molecule has 1 unspecified atom stereocenters. The van der Waals surface area contributed by atoms with E-state index in [0.29, 0.717) is 0 Å². The van der Waals surface area contributed by atoms with Crippen LogP contribution in [0.2, 0.25) is 0 Å². The summed E-state index contributed by atoms with van der Waals surface area (Å²) in [6, 6.07) is 16.7. The first-order valence-electron chi connectivity index (χ1n) is 6.88. The zero-order chi connectivity index (χ0) is 13.1. The van der Waals surface area contributed by atoms with E-state index in [-0.39, 0.29) is 6.04 Å². The van der Waals surface area contributed by atoms with Crippen LogP contribution < -0.4 is 10.5 Å². The summed E-state index contributed by atoms with van der Waals surface area (Å²) in [5.41, 5.74) is 10.0. The normalized spacial score (nSPS) is 15.4. The Morgan fingerprint density at radius 1 is 1.05 bits per heavy atom. The summed E-state index contributed by atoms with van der Waals surface area (Å²) in [7, 11) is 0. The van der Waals surface area contributed by atoms with Gasteiger partial charge >= 0.3 is 0 Å². The Balaban J connectivity index is 1.84. The van der Waals surface area contributed by atoms with Gasteiger partial charge < -0.3 is 10.5 Å². The lowest BCUT2D eigenvalue weighted by molar-refractivity contribution is 0.284. The lowest BCUT2D eigenvalue weighted by Gasteiger charge is -2.22. The third-order valence-electron chi connectivity index (χ3n) is 3.68. The fourth-order valence-corrected chi connectivity index (χ4v) is 2.67. The van der Waals surface area contributed by atoms with Crippen LogP contribution >= 0.6 is 0 Å². The van der Waals surface area contributed by atoms with Crippen molar-refractivity contribution in [3.8, 4) is 5.75 Å². The topological polar surface area (TPSA) is 35.2 Å². The number of hydrogen-bond acceptors (Lipinski definition) is 2. The molecule has 2 N–H and O–H groups in total. The molecule has 0 amide bonds. The molecular weight excluding hydrogens is 234 g/mol. The molecule has 1 aliphatic rings. The van der Waals surface area contributed by atoms with Gasteiger partial charge in [-0.1, -0.05) is 48.5 Å². The summed E-state index contributed by atoms with van der Waals surface area (Å²) in [4.78, 5) is 0. The summed E-state index contributed by atoms with van der Waals surface area (Å²) in [6.07, 6.45) is 3.05. The average Bonchev–Trinajstić information content (AvgIpc) is 2.48. The van der Waals surface area contributed by atoms with E-state index in [9.17, 15) is 0 Å². The maximum absolute atomic E-state index is 6.30. The number of aryl methyl sites for hydroxylation is 1. The van der Waals surface area contributed by atoms with Gasteiger partial charge in [-0.2, -0.15) is 0 Å². The molecule has 2 aromatic rings. The van der Waals surface area contributed by atoms with Gasteiger partial charge in [-0.05, 0) is 36.0 Å². The van der Waals surface area contributed by atoms with Gasteiger partial charge in [-0.15, -0.1) is 0 Å². The molecule has 0 bridgehead atoms. The molecular formula is C17H19NO. The molecule has 98 valence electrons. The molecule has 0 saturated carbocycles. The first-order valence-corrected chi connectivity index (χ1v) is 6.88. The molecule has 0 radical (unpaired) electrons. The van der Waals surface area contributed by atoms with Crippen molar-refractivity contribution in [1.82, 2.24) is 0 Å². The number of ether oxygens (including phenoxy) is 1. The van der Waals surface area contributed by atoms with Gasteiger partial charge in [0.25, 0.3) is 0 Å². The minimum absolute atomic E-state index is 0.0261. The van der Waals surface area contributed by atoms with Crippen molar-refractivity contribution in [1.29, 1.82) is 0 Å². The van der Waals surface area contributed by atoms with Crippen molar-refractivity contribution < 1.29 is 4.74 Å². The zero-order valence-corrected chi connectivity index (χ0v) is 11.0. The number of nitrogens with two attached hydrogens (primary N) is 1. The predicted octanol–water partition coefficient (Wildman–Crippen LogP) is 3.25. The summed E-state index contributed by atoms with van der Waals surface area (Å²) in [5, 5.41) is 0. The molecule has 2 heteroatoms. The van der Waals surface area contributed by atoms with Crippen LogP contribution in [-0.2, 0) is 12.8 Å². The molecule has 0 spiro atoms. The van der Waals surface area contributed by atoms with Crippen LogP contribution in [0.15, 0.2) is 48.5 Å². The van der Waals surface area contributed by atoms with E-state index in [2.05, 4.69) is 30.3 Å². The van der Waals surface area contributed by atoms with Crippen molar-refractivity contribution in [2.24, 2.45) is 5.73 Å². The Bertz CT molecular complexity index is 550. The highest BCUT2D eigenvalue weighted by Gasteiger charge is 2.16. The molecule has 0 aromatic heterocycles. The first-order chi connectivity index (χ1) is 9.34. The van der Waals surface area contributed by atoms with Crippen LogP contribution in [0.1, 0.15) is 29.2 Å². The van der Waals surface area contributed by atoms with Crippen LogP contribution in [0.4, 0.5) is 0 Å². The number of para-hydroxylation sites is 1. The fourth-order valence-electron chi connectivity index (χ4n) is 2.67. The molecule has 0 saturated heterocycles. The number of hydrogen-bond donors (Lipinski definition) is 1. The fraction of sp³-hybridized carbons (Fsp3) is 0.294. The lowest BCUT2D eigenvalue weighted by Crippen LogP contribution is -2.16. The highest BCUT2D eigenvalue weighted by molar-refractivity contribution is 5.43. The summed E-state index contributed by atoms with van der Waals surface area (Å²) >= 11 is 0.